The Morgan fingerprint density at radius 3 is 2.88 bits per heavy atom. The first kappa shape index (κ1) is 16.8. The number of thiophene rings is 1. The minimum Gasteiger partial charge on any atom is -0.391 e. The Bertz CT molecular complexity index is 688. The zero-order chi connectivity index (χ0) is 17.2. The fraction of sp³-hybridized carbons (Fsp3) is 0.556. The molecule has 3 heterocycles. The third kappa shape index (κ3) is 3.78. The molecular weight excluding hydrogens is 336 g/mol. The van der Waals surface area contributed by atoms with E-state index in [2.05, 4.69) is 15.3 Å². The molecule has 1 saturated carbocycles. The van der Waals surface area contributed by atoms with E-state index < -0.39 is 0 Å². The van der Waals surface area contributed by atoms with Gasteiger partial charge in [-0.1, -0.05) is 6.07 Å². The number of amides is 1. The van der Waals surface area contributed by atoms with Crippen LogP contribution < -0.4 is 5.32 Å². The van der Waals surface area contributed by atoms with Gasteiger partial charge in [0.15, 0.2) is 0 Å². The van der Waals surface area contributed by atoms with E-state index in [1.807, 2.05) is 34.5 Å². The molecule has 2 N–H and O–H groups in total. The molecule has 0 aromatic carbocycles. The van der Waals surface area contributed by atoms with E-state index in [1.54, 1.807) is 17.5 Å². The van der Waals surface area contributed by atoms with Crippen LogP contribution in [0.1, 0.15) is 23.8 Å². The molecule has 1 amide bonds. The molecule has 0 unspecified atom stereocenters. The maximum Gasteiger partial charge on any atom is 0.234 e. The van der Waals surface area contributed by atoms with E-state index in [-0.39, 0.29) is 18.1 Å². The highest BCUT2D eigenvalue weighted by Gasteiger charge is 2.42. The Hall–Kier alpha value is -1.70. The van der Waals surface area contributed by atoms with Crippen molar-refractivity contribution in [3.63, 3.8) is 0 Å². The molecule has 4 atom stereocenters. The first-order valence-electron chi connectivity index (χ1n) is 8.87. The number of carbonyl (C=O) groups excluding carboxylic acids is 1. The molecule has 1 aliphatic heterocycles. The second-order valence-corrected chi connectivity index (χ2v) is 8.19. The summed E-state index contributed by atoms with van der Waals surface area (Å²) in [5.74, 6) is 1.09. The first-order chi connectivity index (χ1) is 12.2. The zero-order valence-corrected chi connectivity index (χ0v) is 14.9. The van der Waals surface area contributed by atoms with E-state index in [0.29, 0.717) is 24.9 Å². The van der Waals surface area contributed by atoms with Crippen LogP contribution in [0.25, 0.3) is 0 Å². The van der Waals surface area contributed by atoms with Crippen molar-refractivity contribution < 1.29 is 9.90 Å². The molecule has 25 heavy (non-hydrogen) atoms. The number of nitrogens with zero attached hydrogens (tertiary/aromatic N) is 3. The molecule has 4 rings (SSSR count). The van der Waals surface area contributed by atoms with Gasteiger partial charge in [-0.2, -0.15) is 5.10 Å². The van der Waals surface area contributed by atoms with Crippen molar-refractivity contribution in [2.24, 2.45) is 11.8 Å². The predicted molar refractivity (Wildman–Crippen MR) is 96.1 cm³/mol. The highest BCUT2D eigenvalue weighted by atomic mass is 32.1. The number of hydrogen-bond acceptors (Lipinski definition) is 5. The van der Waals surface area contributed by atoms with E-state index >= 15 is 0 Å². The van der Waals surface area contributed by atoms with Crippen LogP contribution >= 0.6 is 11.3 Å². The van der Waals surface area contributed by atoms with Crippen LogP contribution in [-0.2, 0) is 11.3 Å². The molecule has 2 aromatic rings. The van der Waals surface area contributed by atoms with Crippen molar-refractivity contribution in [1.29, 1.82) is 0 Å². The van der Waals surface area contributed by atoms with E-state index in [4.69, 9.17) is 0 Å². The smallest absolute Gasteiger partial charge is 0.234 e. The standard InChI is InChI=1S/C18H24N4O2S/c23-17-8-14-11-21(12-18(24)19-9-15-3-1-6-25-15)10-13(14)7-16(17)22-5-2-4-20-22/h1-6,13-14,16-17,23H,7-12H2,(H,19,24)/t13-,14+,16-,17-/m1/s1. The maximum absolute atomic E-state index is 12.2. The van der Waals surface area contributed by atoms with Crippen LogP contribution in [0.4, 0.5) is 0 Å². The first-order valence-corrected chi connectivity index (χ1v) is 9.75. The summed E-state index contributed by atoms with van der Waals surface area (Å²) in [6.45, 7) is 2.89. The number of hydrogen-bond donors (Lipinski definition) is 2. The Kier molecular flexibility index (Phi) is 4.87. The molecule has 6 nitrogen and oxygen atoms in total. The summed E-state index contributed by atoms with van der Waals surface area (Å²) < 4.78 is 1.89. The van der Waals surface area contributed by atoms with Gasteiger partial charge in [-0.15, -0.1) is 11.3 Å². The molecule has 2 aliphatic rings. The lowest BCUT2D eigenvalue weighted by Gasteiger charge is -2.35. The topological polar surface area (TPSA) is 70.4 Å². The van der Waals surface area contributed by atoms with Crippen molar-refractivity contribution in [1.82, 2.24) is 20.0 Å². The number of aromatic nitrogens is 2. The zero-order valence-electron chi connectivity index (χ0n) is 14.1. The van der Waals surface area contributed by atoms with Crippen LogP contribution in [0.5, 0.6) is 0 Å². The minimum atomic E-state index is -0.353. The molecule has 2 aromatic heterocycles. The van der Waals surface area contributed by atoms with Gasteiger partial charge in [0.25, 0.3) is 0 Å². The number of nitrogens with one attached hydrogen (secondary N) is 1. The number of fused-ring (bicyclic) bond motifs is 1. The molecule has 0 bridgehead atoms. The number of aliphatic hydroxyl groups is 1. The van der Waals surface area contributed by atoms with Gasteiger partial charge in [-0.05, 0) is 42.2 Å². The van der Waals surface area contributed by atoms with Crippen LogP contribution in [-0.4, -0.2) is 51.4 Å². The van der Waals surface area contributed by atoms with Crippen LogP contribution in [0.3, 0.4) is 0 Å². The molecule has 0 spiro atoms. The quantitative estimate of drug-likeness (QED) is 0.848. The molecule has 1 saturated heterocycles. The van der Waals surface area contributed by atoms with Gasteiger partial charge < -0.3 is 10.4 Å². The van der Waals surface area contributed by atoms with Crippen molar-refractivity contribution in [3.8, 4) is 0 Å². The van der Waals surface area contributed by atoms with E-state index in [0.717, 1.165) is 25.9 Å². The summed E-state index contributed by atoms with van der Waals surface area (Å²) in [7, 11) is 0. The Balaban J connectivity index is 1.29. The minimum absolute atomic E-state index is 0.0591. The van der Waals surface area contributed by atoms with Crippen molar-refractivity contribution in [2.75, 3.05) is 19.6 Å². The van der Waals surface area contributed by atoms with Gasteiger partial charge in [0, 0.05) is 30.4 Å². The fourth-order valence-electron chi connectivity index (χ4n) is 4.25. The molecule has 1 aliphatic carbocycles. The predicted octanol–water partition coefficient (Wildman–Crippen LogP) is 1.50. The molecular formula is C18H24N4O2S. The van der Waals surface area contributed by atoms with E-state index in [9.17, 15) is 9.90 Å². The van der Waals surface area contributed by atoms with Gasteiger partial charge >= 0.3 is 0 Å². The molecule has 0 radical (unpaired) electrons. The monoisotopic (exact) mass is 360 g/mol. The summed E-state index contributed by atoms with van der Waals surface area (Å²) in [6, 6.07) is 5.99. The maximum atomic E-state index is 12.2. The number of rotatable bonds is 5. The largest absolute Gasteiger partial charge is 0.391 e. The van der Waals surface area contributed by atoms with Crippen LogP contribution in [0, 0.1) is 11.8 Å². The van der Waals surface area contributed by atoms with Crippen molar-refractivity contribution in [3.05, 3.63) is 40.8 Å². The number of aliphatic hydroxyl groups excluding tert-OH is 1. The summed E-state index contributed by atoms with van der Waals surface area (Å²) in [5.41, 5.74) is 0. The van der Waals surface area contributed by atoms with Crippen LogP contribution in [0.2, 0.25) is 0 Å². The lowest BCUT2D eigenvalue weighted by Crippen LogP contribution is -2.36. The number of likely N-dealkylation sites (tertiary alicyclic amines) is 1. The highest BCUT2D eigenvalue weighted by molar-refractivity contribution is 7.09. The van der Waals surface area contributed by atoms with Gasteiger partial charge in [0.1, 0.15) is 0 Å². The van der Waals surface area contributed by atoms with Crippen LogP contribution in [0.15, 0.2) is 36.0 Å². The van der Waals surface area contributed by atoms with Gasteiger partial charge in [0.05, 0.1) is 25.2 Å². The lowest BCUT2D eigenvalue weighted by molar-refractivity contribution is -0.122. The fourth-order valence-corrected chi connectivity index (χ4v) is 4.90. The highest BCUT2D eigenvalue weighted by Crippen LogP contribution is 2.40. The van der Waals surface area contributed by atoms with Gasteiger partial charge in [-0.25, -0.2) is 0 Å². The SMILES string of the molecule is O=C(CN1C[C@H]2C[C@@H](n3cccn3)[C@H](O)C[C@H]2C1)NCc1cccs1. The lowest BCUT2D eigenvalue weighted by atomic mass is 9.77. The average Bonchev–Trinajstić information content (AvgIpc) is 3.33. The Morgan fingerprint density at radius 2 is 2.16 bits per heavy atom. The molecule has 134 valence electrons. The molecule has 2 fully saturated rings. The molecule has 7 heteroatoms. The van der Waals surface area contributed by atoms with Gasteiger partial charge in [0.2, 0.25) is 5.91 Å². The summed E-state index contributed by atoms with van der Waals surface area (Å²) in [4.78, 5) is 15.6. The summed E-state index contributed by atoms with van der Waals surface area (Å²) >= 11 is 1.66. The van der Waals surface area contributed by atoms with Gasteiger partial charge in [-0.3, -0.25) is 14.4 Å². The summed E-state index contributed by atoms with van der Waals surface area (Å²) in [6.07, 6.45) is 5.06. The number of carbonyl (C=O) groups is 1. The van der Waals surface area contributed by atoms with Crippen molar-refractivity contribution >= 4 is 17.2 Å². The van der Waals surface area contributed by atoms with E-state index in [1.165, 1.54) is 4.88 Å². The second-order valence-electron chi connectivity index (χ2n) is 7.16. The average molecular weight is 360 g/mol. The third-order valence-electron chi connectivity index (χ3n) is 5.46. The second kappa shape index (κ2) is 7.27. The third-order valence-corrected chi connectivity index (χ3v) is 6.33. The van der Waals surface area contributed by atoms with Crippen molar-refractivity contribution in [2.45, 2.75) is 31.5 Å². The summed E-state index contributed by atoms with van der Waals surface area (Å²) in [5, 5.41) is 19.8. The Labute approximate surface area is 151 Å². The normalized spacial score (nSPS) is 29.5. The Morgan fingerprint density at radius 1 is 1.32 bits per heavy atom.